The maximum atomic E-state index is 13.3. The van der Waals surface area contributed by atoms with Crippen LogP contribution in [0.5, 0.6) is 5.75 Å². The molecule has 13 N–H and O–H groups in total. The van der Waals surface area contributed by atoms with Gasteiger partial charge in [-0.15, -0.1) is 0 Å². The van der Waals surface area contributed by atoms with Crippen LogP contribution >= 0.6 is 0 Å². The Morgan fingerprint density at radius 3 is 2.00 bits per heavy atom. The highest BCUT2D eigenvalue weighted by Crippen LogP contribution is 2.24. The lowest BCUT2D eigenvalue weighted by Gasteiger charge is -2.20. The van der Waals surface area contributed by atoms with Gasteiger partial charge in [-0.1, -0.05) is 6.42 Å². The first-order valence-electron chi connectivity index (χ1n) is 13.1. The van der Waals surface area contributed by atoms with Gasteiger partial charge in [0, 0.05) is 17.1 Å². The van der Waals surface area contributed by atoms with Crippen molar-refractivity contribution >= 4 is 40.7 Å². The zero-order chi connectivity index (χ0) is 29.7. The fourth-order valence-electron chi connectivity index (χ4n) is 3.91. The molecule has 2 aromatic rings. The quantitative estimate of drug-likeness (QED) is 0.107. The number of carbonyl (C=O) groups is 4. The van der Waals surface area contributed by atoms with Crippen molar-refractivity contribution in [2.24, 2.45) is 22.9 Å². The third kappa shape index (κ3) is 9.52. The Bertz CT molecular complexity index is 1190. The van der Waals surface area contributed by atoms with Crippen LogP contribution in [0.4, 0.5) is 17.1 Å². The zero-order valence-corrected chi connectivity index (χ0v) is 22.7. The molecule has 0 aromatic heterocycles. The summed E-state index contributed by atoms with van der Waals surface area (Å²) in [5.41, 5.74) is 29.2. The summed E-state index contributed by atoms with van der Waals surface area (Å²) in [5, 5.41) is 8.14. The second-order valence-corrected chi connectivity index (χ2v) is 9.26. The molecule has 2 atom stereocenters. The number of nitrogens with one attached hydrogen (secondary N) is 3. The summed E-state index contributed by atoms with van der Waals surface area (Å²) in [7, 11) is 1.40. The van der Waals surface area contributed by atoms with Gasteiger partial charge in [-0.2, -0.15) is 0 Å². The van der Waals surface area contributed by atoms with E-state index in [1.165, 1.54) is 37.4 Å². The summed E-state index contributed by atoms with van der Waals surface area (Å²) in [6.45, 7) is 0.942. The summed E-state index contributed by atoms with van der Waals surface area (Å²) >= 11 is 0. The molecule has 13 nitrogen and oxygen atoms in total. The monoisotopic (exact) mass is 556 g/mol. The molecule has 0 aliphatic rings. The number of nitrogens with two attached hydrogens (primary N) is 5. The molecular weight excluding hydrogens is 516 g/mol. The maximum Gasteiger partial charge on any atom is 0.255 e. The highest BCUT2D eigenvalue weighted by atomic mass is 16.5. The molecule has 0 spiro atoms. The van der Waals surface area contributed by atoms with Crippen LogP contribution in [0, 0.1) is 0 Å². The number of benzene rings is 2. The van der Waals surface area contributed by atoms with E-state index in [1.54, 1.807) is 6.07 Å². The Morgan fingerprint density at radius 1 is 0.825 bits per heavy atom. The molecule has 0 radical (unpaired) electrons. The molecule has 2 unspecified atom stereocenters. The number of amides is 4. The largest absolute Gasteiger partial charge is 0.496 e. The number of methoxy groups -OCH3 is 1. The molecule has 0 bridgehead atoms. The first kappa shape index (κ1) is 32.0. The molecule has 40 heavy (non-hydrogen) atoms. The van der Waals surface area contributed by atoms with Gasteiger partial charge in [0.15, 0.2) is 0 Å². The van der Waals surface area contributed by atoms with E-state index in [1.807, 2.05) is 0 Å². The lowest BCUT2D eigenvalue weighted by Crippen LogP contribution is -2.44. The highest BCUT2D eigenvalue weighted by molar-refractivity contribution is 6.05. The summed E-state index contributed by atoms with van der Waals surface area (Å²) in [4.78, 5) is 50.7. The van der Waals surface area contributed by atoms with Gasteiger partial charge in [-0.05, 0) is 81.6 Å². The Labute approximate surface area is 233 Å². The Hall–Kier alpha value is -4.20. The van der Waals surface area contributed by atoms with Crippen LogP contribution in [0.3, 0.4) is 0 Å². The summed E-state index contributed by atoms with van der Waals surface area (Å²) in [6, 6.07) is 7.23. The van der Waals surface area contributed by atoms with Crippen molar-refractivity contribution in [1.29, 1.82) is 0 Å². The van der Waals surface area contributed by atoms with Gasteiger partial charge in [-0.3, -0.25) is 19.2 Å². The lowest BCUT2D eigenvalue weighted by atomic mass is 10.1. The average Bonchev–Trinajstić information content (AvgIpc) is 2.93. The maximum absolute atomic E-state index is 13.3. The number of unbranched alkanes of at least 4 members (excludes halogenated alkanes) is 2. The fraction of sp³-hybridized carbons (Fsp3) is 0.407. The third-order valence-corrected chi connectivity index (χ3v) is 6.17. The number of rotatable bonds is 16. The van der Waals surface area contributed by atoms with Gasteiger partial charge in [0.25, 0.3) is 11.8 Å². The van der Waals surface area contributed by atoms with Crippen LogP contribution in [0.1, 0.15) is 59.2 Å². The topological polar surface area (TPSA) is 244 Å². The van der Waals surface area contributed by atoms with Gasteiger partial charge >= 0.3 is 0 Å². The van der Waals surface area contributed by atoms with E-state index in [0.717, 1.165) is 12.8 Å². The van der Waals surface area contributed by atoms with Crippen molar-refractivity contribution in [3.8, 4) is 5.75 Å². The van der Waals surface area contributed by atoms with Gasteiger partial charge in [0.1, 0.15) is 11.8 Å². The number of nitrogen functional groups attached to an aromatic ring is 1. The van der Waals surface area contributed by atoms with Crippen LogP contribution in [0.2, 0.25) is 0 Å². The van der Waals surface area contributed by atoms with Crippen molar-refractivity contribution in [3.63, 3.8) is 0 Å². The van der Waals surface area contributed by atoms with Gasteiger partial charge in [0.05, 0.1) is 24.3 Å². The van der Waals surface area contributed by atoms with Crippen LogP contribution in [-0.4, -0.2) is 55.9 Å². The van der Waals surface area contributed by atoms with Crippen molar-refractivity contribution in [2.75, 3.05) is 36.6 Å². The Balaban J connectivity index is 2.22. The molecule has 0 aliphatic heterocycles. The number of carbonyl (C=O) groups excluding carboxylic acids is 4. The smallest absolute Gasteiger partial charge is 0.255 e. The Morgan fingerprint density at radius 2 is 1.40 bits per heavy atom. The van der Waals surface area contributed by atoms with Crippen molar-refractivity contribution in [2.45, 2.75) is 50.6 Å². The van der Waals surface area contributed by atoms with Crippen LogP contribution < -0.4 is 49.4 Å². The molecule has 0 fully saturated rings. The van der Waals surface area contributed by atoms with Crippen LogP contribution in [0.25, 0.3) is 0 Å². The minimum atomic E-state index is -0.951. The van der Waals surface area contributed by atoms with E-state index in [9.17, 15) is 19.2 Å². The summed E-state index contributed by atoms with van der Waals surface area (Å²) < 4.78 is 5.34. The van der Waals surface area contributed by atoms with Crippen molar-refractivity contribution in [3.05, 3.63) is 47.5 Å². The number of hydrogen-bond acceptors (Lipinski definition) is 9. The molecule has 2 aromatic carbocycles. The summed E-state index contributed by atoms with van der Waals surface area (Å²) in [6.07, 6.45) is 3.46. The molecule has 0 saturated carbocycles. The normalized spacial score (nSPS) is 12.2. The SMILES string of the molecule is COc1ccc(NC(=O)C(N)CCCCN)cc1C(=O)NC(CCCCN)C(=O)Nc1ccc(N)c(C(N)=O)c1. The molecule has 0 heterocycles. The minimum absolute atomic E-state index is 0.0595. The second-order valence-electron chi connectivity index (χ2n) is 9.26. The van der Waals surface area contributed by atoms with Crippen LogP contribution in [0.15, 0.2) is 36.4 Å². The highest BCUT2D eigenvalue weighted by Gasteiger charge is 2.24. The molecule has 0 saturated heterocycles. The minimum Gasteiger partial charge on any atom is -0.496 e. The molecule has 0 aliphatic carbocycles. The number of ether oxygens (including phenoxy) is 1. The van der Waals surface area contributed by atoms with Crippen molar-refractivity contribution in [1.82, 2.24) is 5.32 Å². The zero-order valence-electron chi connectivity index (χ0n) is 22.7. The third-order valence-electron chi connectivity index (χ3n) is 6.17. The molecule has 13 heteroatoms. The van der Waals surface area contributed by atoms with Gasteiger partial charge in [-0.25, -0.2) is 0 Å². The molecule has 4 amide bonds. The van der Waals surface area contributed by atoms with Crippen LogP contribution in [-0.2, 0) is 9.59 Å². The average molecular weight is 557 g/mol. The van der Waals surface area contributed by atoms with E-state index in [-0.39, 0.29) is 28.3 Å². The van der Waals surface area contributed by atoms with E-state index < -0.39 is 35.7 Å². The number of anilines is 3. The van der Waals surface area contributed by atoms with E-state index in [2.05, 4.69) is 16.0 Å². The number of primary amides is 1. The van der Waals surface area contributed by atoms with Gasteiger partial charge < -0.3 is 49.4 Å². The predicted octanol–water partition coefficient (Wildman–Crippen LogP) is 0.637. The Kier molecular flexibility index (Phi) is 12.8. The number of hydrogen-bond donors (Lipinski definition) is 8. The first-order valence-corrected chi connectivity index (χ1v) is 13.1. The fourth-order valence-corrected chi connectivity index (χ4v) is 3.91. The van der Waals surface area contributed by atoms with E-state index >= 15 is 0 Å². The lowest BCUT2D eigenvalue weighted by molar-refractivity contribution is -0.118. The standard InChI is InChI=1S/C27H40N8O5/c1-40-23-11-9-17(33-26(38)21(31)6-2-4-12-28)15-19(23)25(37)35-22(7-3-5-13-29)27(39)34-16-8-10-20(30)18(14-16)24(32)36/h8-11,14-15,21-22H,2-7,12-13,28-31H2,1H3,(H2,32,36)(H,33,38)(H,34,39)(H,35,37). The summed E-state index contributed by atoms with van der Waals surface area (Å²) in [5.74, 6) is -2.00. The molecular formula is C27H40N8O5. The van der Waals surface area contributed by atoms with E-state index in [4.69, 9.17) is 33.4 Å². The molecule has 218 valence electrons. The second kappa shape index (κ2) is 16.0. The molecule has 2 rings (SSSR count). The van der Waals surface area contributed by atoms with Crippen molar-refractivity contribution < 1.29 is 23.9 Å². The predicted molar refractivity (Wildman–Crippen MR) is 155 cm³/mol. The first-order chi connectivity index (χ1) is 19.1. The van der Waals surface area contributed by atoms with E-state index in [0.29, 0.717) is 44.5 Å². The van der Waals surface area contributed by atoms with Gasteiger partial charge in [0.2, 0.25) is 11.8 Å².